The van der Waals surface area contributed by atoms with Crippen LogP contribution in [-0.4, -0.2) is 49.8 Å². The van der Waals surface area contributed by atoms with Crippen LogP contribution in [0.4, 0.5) is 21.9 Å². The van der Waals surface area contributed by atoms with Gasteiger partial charge < -0.3 is 30.7 Å². The lowest BCUT2D eigenvalue weighted by Crippen LogP contribution is -2.30. The van der Waals surface area contributed by atoms with Gasteiger partial charge >= 0.3 is 12.0 Å². The Labute approximate surface area is 194 Å². The number of anilines is 3. The molecule has 2 aromatic rings. The first-order valence-electron chi connectivity index (χ1n) is 10.8. The normalized spacial score (nSPS) is 10.3. The van der Waals surface area contributed by atoms with Crippen molar-refractivity contribution in [1.29, 1.82) is 0 Å². The van der Waals surface area contributed by atoms with Crippen LogP contribution in [0.25, 0.3) is 0 Å². The van der Waals surface area contributed by atoms with Gasteiger partial charge in [-0.2, -0.15) is 0 Å². The van der Waals surface area contributed by atoms with Gasteiger partial charge in [0.15, 0.2) is 0 Å². The Balaban J connectivity index is 2.10. The number of aryl methyl sites for hydroxylation is 1. The van der Waals surface area contributed by atoms with Crippen molar-refractivity contribution < 1.29 is 24.2 Å². The van der Waals surface area contributed by atoms with Crippen LogP contribution in [0.5, 0.6) is 5.75 Å². The third-order valence-electron chi connectivity index (χ3n) is 4.99. The molecule has 3 amide bonds. The highest BCUT2D eigenvalue weighted by molar-refractivity contribution is 6.01. The first kappa shape index (κ1) is 25.5. The average molecular weight is 457 g/mol. The molecule has 0 saturated heterocycles. The lowest BCUT2D eigenvalue weighted by atomic mass is 10.2. The topological polar surface area (TPSA) is 120 Å². The van der Waals surface area contributed by atoms with E-state index in [-0.39, 0.29) is 18.4 Å². The maximum Gasteiger partial charge on any atom is 0.323 e. The second kappa shape index (κ2) is 12.9. The molecule has 4 N–H and O–H groups in total. The highest BCUT2D eigenvalue weighted by Crippen LogP contribution is 2.30. The molecule has 0 bridgehead atoms. The number of para-hydroxylation sites is 1. The number of urea groups is 1. The summed E-state index contributed by atoms with van der Waals surface area (Å²) in [6, 6.07) is 12.5. The van der Waals surface area contributed by atoms with Crippen molar-refractivity contribution in [3.8, 4) is 5.75 Å². The Morgan fingerprint density at radius 1 is 1.00 bits per heavy atom. The van der Waals surface area contributed by atoms with E-state index in [1.165, 1.54) is 14.0 Å². The van der Waals surface area contributed by atoms with Crippen molar-refractivity contribution in [2.45, 2.75) is 33.1 Å². The predicted molar refractivity (Wildman–Crippen MR) is 129 cm³/mol. The van der Waals surface area contributed by atoms with Crippen LogP contribution in [0.2, 0.25) is 0 Å². The van der Waals surface area contributed by atoms with Gasteiger partial charge in [0.2, 0.25) is 5.91 Å². The van der Waals surface area contributed by atoms with Crippen molar-refractivity contribution in [2.75, 3.05) is 42.3 Å². The van der Waals surface area contributed by atoms with Crippen LogP contribution in [0.15, 0.2) is 42.5 Å². The van der Waals surface area contributed by atoms with Crippen LogP contribution in [0.1, 0.15) is 31.7 Å². The van der Waals surface area contributed by atoms with Gasteiger partial charge in [-0.05, 0) is 43.5 Å². The molecule has 33 heavy (non-hydrogen) atoms. The van der Waals surface area contributed by atoms with E-state index in [2.05, 4.69) is 16.0 Å². The molecule has 0 atom stereocenters. The van der Waals surface area contributed by atoms with Gasteiger partial charge in [0.25, 0.3) is 0 Å². The number of carboxylic acid groups (broad SMARTS) is 1. The van der Waals surface area contributed by atoms with Crippen molar-refractivity contribution in [2.24, 2.45) is 0 Å². The molecule has 0 spiro atoms. The van der Waals surface area contributed by atoms with E-state index in [9.17, 15) is 14.4 Å². The molecule has 0 radical (unpaired) electrons. The summed E-state index contributed by atoms with van der Waals surface area (Å²) >= 11 is 0. The van der Waals surface area contributed by atoms with E-state index in [4.69, 9.17) is 9.84 Å². The fourth-order valence-corrected chi connectivity index (χ4v) is 3.29. The van der Waals surface area contributed by atoms with Gasteiger partial charge in [-0.25, -0.2) is 4.79 Å². The fraction of sp³-hybridized carbons (Fsp3) is 0.375. The summed E-state index contributed by atoms with van der Waals surface area (Å²) in [7, 11) is 1.52. The zero-order valence-electron chi connectivity index (χ0n) is 19.3. The third-order valence-corrected chi connectivity index (χ3v) is 4.99. The largest absolute Gasteiger partial charge is 0.494 e. The molecule has 0 aliphatic rings. The van der Waals surface area contributed by atoms with Gasteiger partial charge in [0, 0.05) is 50.4 Å². The Morgan fingerprint density at radius 3 is 2.36 bits per heavy atom. The lowest BCUT2D eigenvalue weighted by molar-refractivity contribution is -0.137. The first-order chi connectivity index (χ1) is 15.8. The SMILES string of the molecule is COc1cc(N(CCCNC(C)=O)CCCC(=O)O)ccc1NC(=O)Nc1ccccc1C. The van der Waals surface area contributed by atoms with E-state index in [0.29, 0.717) is 43.9 Å². The lowest BCUT2D eigenvalue weighted by Gasteiger charge is -2.26. The summed E-state index contributed by atoms with van der Waals surface area (Å²) < 4.78 is 5.49. The number of rotatable bonds is 12. The van der Waals surface area contributed by atoms with Crippen molar-refractivity contribution >= 4 is 35.0 Å². The quantitative estimate of drug-likeness (QED) is 0.360. The number of ether oxygens (including phenoxy) is 1. The fourth-order valence-electron chi connectivity index (χ4n) is 3.29. The number of carbonyl (C=O) groups excluding carboxylic acids is 2. The summed E-state index contributed by atoms with van der Waals surface area (Å²) in [4.78, 5) is 36.5. The van der Waals surface area contributed by atoms with Crippen LogP contribution in [0.3, 0.4) is 0 Å². The molecule has 0 heterocycles. The summed E-state index contributed by atoms with van der Waals surface area (Å²) in [6.45, 7) is 5.08. The number of carbonyl (C=O) groups is 3. The van der Waals surface area contributed by atoms with E-state index in [1.807, 2.05) is 48.2 Å². The molecule has 178 valence electrons. The Morgan fingerprint density at radius 2 is 1.70 bits per heavy atom. The van der Waals surface area contributed by atoms with Crippen LogP contribution >= 0.6 is 0 Å². The molecule has 0 saturated carbocycles. The number of amides is 3. The summed E-state index contributed by atoms with van der Waals surface area (Å²) in [5, 5.41) is 17.4. The molecule has 0 aliphatic carbocycles. The van der Waals surface area contributed by atoms with Gasteiger partial charge in [-0.15, -0.1) is 0 Å². The number of hydrogen-bond donors (Lipinski definition) is 4. The van der Waals surface area contributed by atoms with Gasteiger partial charge in [-0.3, -0.25) is 9.59 Å². The molecule has 2 rings (SSSR count). The van der Waals surface area contributed by atoms with Gasteiger partial charge in [-0.1, -0.05) is 18.2 Å². The van der Waals surface area contributed by atoms with Crippen molar-refractivity contribution in [3.63, 3.8) is 0 Å². The minimum atomic E-state index is -0.843. The van der Waals surface area contributed by atoms with Crippen molar-refractivity contribution in [3.05, 3.63) is 48.0 Å². The highest BCUT2D eigenvalue weighted by atomic mass is 16.5. The Hall–Kier alpha value is -3.75. The van der Waals surface area contributed by atoms with Gasteiger partial charge in [0.1, 0.15) is 5.75 Å². The smallest absolute Gasteiger partial charge is 0.323 e. The van der Waals surface area contributed by atoms with E-state index >= 15 is 0 Å². The highest BCUT2D eigenvalue weighted by Gasteiger charge is 2.13. The molecule has 9 heteroatoms. The van der Waals surface area contributed by atoms with Crippen molar-refractivity contribution in [1.82, 2.24) is 5.32 Å². The summed E-state index contributed by atoms with van der Waals surface area (Å²) in [5.74, 6) is -0.448. The zero-order chi connectivity index (χ0) is 24.2. The zero-order valence-corrected chi connectivity index (χ0v) is 19.3. The molecular formula is C24H32N4O5. The number of nitrogens with zero attached hydrogens (tertiary/aromatic N) is 1. The minimum absolute atomic E-state index is 0.0675. The van der Waals surface area contributed by atoms with Crippen LogP contribution in [0, 0.1) is 6.92 Å². The van der Waals surface area contributed by atoms with Gasteiger partial charge in [0.05, 0.1) is 12.8 Å². The molecule has 2 aromatic carbocycles. The standard InChI is InChI=1S/C24H32N4O5/c1-17-8-4-5-9-20(17)26-24(32)27-21-12-11-19(16-22(21)33-3)28(14-6-10-23(30)31)15-7-13-25-18(2)29/h4-5,8-9,11-12,16H,6-7,10,13-15H2,1-3H3,(H,25,29)(H,30,31)(H2,26,27,32). The Kier molecular flexibility index (Phi) is 10.0. The van der Waals surface area contributed by atoms with E-state index < -0.39 is 5.97 Å². The summed E-state index contributed by atoms with van der Waals surface area (Å²) in [5.41, 5.74) is 3.02. The number of nitrogens with one attached hydrogen (secondary N) is 3. The maximum atomic E-state index is 12.5. The number of methoxy groups -OCH3 is 1. The van der Waals surface area contributed by atoms with Crippen LogP contribution in [-0.2, 0) is 9.59 Å². The molecule has 0 aliphatic heterocycles. The number of benzene rings is 2. The molecule has 0 fully saturated rings. The molecule has 0 aromatic heterocycles. The van der Waals surface area contributed by atoms with E-state index in [0.717, 1.165) is 16.9 Å². The molecule has 0 unspecified atom stereocenters. The molecular weight excluding hydrogens is 424 g/mol. The summed E-state index contributed by atoms with van der Waals surface area (Å²) in [6.07, 6.45) is 1.25. The second-order valence-electron chi connectivity index (χ2n) is 7.60. The van der Waals surface area contributed by atoms with Crippen LogP contribution < -0.4 is 25.6 Å². The number of carboxylic acids is 1. The van der Waals surface area contributed by atoms with E-state index in [1.54, 1.807) is 6.07 Å². The maximum absolute atomic E-state index is 12.5. The number of hydrogen-bond acceptors (Lipinski definition) is 5. The second-order valence-corrected chi connectivity index (χ2v) is 7.60. The monoisotopic (exact) mass is 456 g/mol. The third kappa shape index (κ3) is 8.72. The first-order valence-corrected chi connectivity index (χ1v) is 10.8. The molecule has 9 nitrogen and oxygen atoms in total. The Bertz CT molecular complexity index is 964. The minimum Gasteiger partial charge on any atom is -0.494 e. The predicted octanol–water partition coefficient (Wildman–Crippen LogP) is 3.85. The number of aliphatic carboxylic acids is 1. The average Bonchev–Trinajstić information content (AvgIpc) is 2.77.